The third-order valence-electron chi connectivity index (χ3n) is 5.15. The summed E-state index contributed by atoms with van der Waals surface area (Å²) in [6.07, 6.45) is 1.66. The maximum absolute atomic E-state index is 12.9. The van der Waals surface area contributed by atoms with Crippen molar-refractivity contribution in [3.63, 3.8) is 0 Å². The van der Waals surface area contributed by atoms with E-state index in [1.807, 2.05) is 6.92 Å². The van der Waals surface area contributed by atoms with Gasteiger partial charge in [-0.2, -0.15) is 8.99 Å². The molecule has 1 aromatic heterocycles. The highest BCUT2D eigenvalue weighted by atomic mass is 32.2. The van der Waals surface area contributed by atoms with E-state index in [9.17, 15) is 16.8 Å². The van der Waals surface area contributed by atoms with Gasteiger partial charge in [0.1, 0.15) is 0 Å². The lowest BCUT2D eigenvalue weighted by Crippen LogP contribution is -2.27. The molecule has 1 saturated heterocycles. The molecule has 0 spiro atoms. The Morgan fingerprint density at radius 3 is 2.16 bits per heavy atom. The normalized spacial score (nSPS) is 15.3. The number of tetrazole rings is 1. The van der Waals surface area contributed by atoms with Gasteiger partial charge in [-0.15, -0.1) is 5.10 Å². The zero-order chi connectivity index (χ0) is 22.2. The fraction of sp³-hybridized carbons (Fsp3) is 0.316. The monoisotopic (exact) mass is 462 g/mol. The van der Waals surface area contributed by atoms with Gasteiger partial charge in [-0.1, -0.05) is 6.07 Å². The van der Waals surface area contributed by atoms with Crippen LogP contribution in [0.15, 0.2) is 52.3 Å². The van der Waals surface area contributed by atoms with Crippen LogP contribution >= 0.6 is 0 Å². The summed E-state index contributed by atoms with van der Waals surface area (Å²) >= 11 is 0. The van der Waals surface area contributed by atoms with E-state index >= 15 is 0 Å². The van der Waals surface area contributed by atoms with Crippen LogP contribution in [0.3, 0.4) is 0 Å². The molecule has 0 atom stereocenters. The summed E-state index contributed by atoms with van der Waals surface area (Å²) in [6, 6.07) is 10.3. The van der Waals surface area contributed by atoms with Crippen molar-refractivity contribution in [3.05, 3.63) is 53.9 Å². The molecule has 0 amide bonds. The van der Waals surface area contributed by atoms with E-state index in [1.165, 1.54) is 33.3 Å². The van der Waals surface area contributed by atoms with Gasteiger partial charge in [-0.05, 0) is 79.1 Å². The first-order chi connectivity index (χ1) is 14.7. The van der Waals surface area contributed by atoms with Crippen LogP contribution in [0.1, 0.15) is 24.2 Å². The molecule has 2 heterocycles. The number of nitrogens with one attached hydrogen (secondary N) is 1. The minimum absolute atomic E-state index is 0.0337. The molecule has 10 nitrogen and oxygen atoms in total. The van der Waals surface area contributed by atoms with E-state index in [2.05, 4.69) is 20.2 Å². The lowest BCUT2D eigenvalue weighted by atomic mass is 10.2. The molecule has 2 aromatic carbocycles. The molecule has 1 N–H and O–H groups in total. The number of nitrogens with zero attached hydrogens (tertiary/aromatic N) is 5. The van der Waals surface area contributed by atoms with Crippen molar-refractivity contribution in [1.29, 1.82) is 0 Å². The molecular formula is C19H22N6O4S2. The molecule has 0 bridgehead atoms. The van der Waals surface area contributed by atoms with Gasteiger partial charge in [0.15, 0.2) is 5.82 Å². The molecule has 0 saturated carbocycles. The highest BCUT2D eigenvalue weighted by molar-refractivity contribution is 7.92. The van der Waals surface area contributed by atoms with Crippen molar-refractivity contribution >= 4 is 25.7 Å². The number of sulfonamides is 2. The average molecular weight is 463 g/mol. The molecule has 0 unspecified atom stereocenters. The third-order valence-corrected chi connectivity index (χ3v) is 8.46. The second kappa shape index (κ2) is 8.02. The molecule has 0 radical (unpaired) electrons. The van der Waals surface area contributed by atoms with Crippen molar-refractivity contribution in [2.24, 2.45) is 0 Å². The van der Waals surface area contributed by atoms with Crippen LogP contribution in [0, 0.1) is 13.8 Å². The van der Waals surface area contributed by atoms with Crippen molar-refractivity contribution < 1.29 is 16.8 Å². The zero-order valence-corrected chi connectivity index (χ0v) is 18.7. The lowest BCUT2D eigenvalue weighted by Gasteiger charge is -2.16. The van der Waals surface area contributed by atoms with Crippen molar-refractivity contribution in [1.82, 2.24) is 24.5 Å². The average Bonchev–Trinajstić information content (AvgIpc) is 3.42. The lowest BCUT2D eigenvalue weighted by molar-refractivity contribution is 0.477. The molecular weight excluding hydrogens is 440 g/mol. The minimum atomic E-state index is -3.92. The predicted molar refractivity (Wildman–Crippen MR) is 114 cm³/mol. The molecule has 12 heteroatoms. The van der Waals surface area contributed by atoms with Crippen LogP contribution in [-0.2, 0) is 20.0 Å². The molecule has 1 aliphatic heterocycles. The van der Waals surface area contributed by atoms with Crippen molar-refractivity contribution in [2.75, 3.05) is 17.8 Å². The van der Waals surface area contributed by atoms with Crippen molar-refractivity contribution in [3.8, 4) is 5.69 Å². The first kappa shape index (κ1) is 21.4. The molecule has 3 aromatic rings. The summed E-state index contributed by atoms with van der Waals surface area (Å²) in [6.45, 7) is 4.59. The first-order valence-corrected chi connectivity index (χ1v) is 12.6. The molecule has 0 aliphatic carbocycles. The number of hydrogen-bond donors (Lipinski definition) is 1. The Morgan fingerprint density at radius 2 is 1.55 bits per heavy atom. The smallest absolute Gasteiger partial charge is 0.261 e. The van der Waals surface area contributed by atoms with Crippen LogP contribution in [0.2, 0.25) is 0 Å². The Bertz CT molecular complexity index is 1310. The number of hydrogen-bond acceptors (Lipinski definition) is 7. The van der Waals surface area contributed by atoms with E-state index in [-0.39, 0.29) is 9.79 Å². The Balaban J connectivity index is 1.59. The standard InChI is InChI=1S/C19H22N6O4S2/c1-14-5-6-16(13-19(14)25-15(2)20-22-23-25)21-30(26,27)17-7-9-18(10-8-17)31(28,29)24-11-3-4-12-24/h5-10,13,21H,3-4,11-12H2,1-2H3. The Morgan fingerprint density at radius 1 is 0.903 bits per heavy atom. The molecule has 164 valence electrons. The van der Waals surface area contributed by atoms with Gasteiger partial charge >= 0.3 is 0 Å². The Kier molecular flexibility index (Phi) is 5.54. The second-order valence-corrected chi connectivity index (χ2v) is 10.9. The predicted octanol–water partition coefficient (Wildman–Crippen LogP) is 1.86. The number of benzene rings is 2. The number of anilines is 1. The van der Waals surface area contributed by atoms with Crippen LogP contribution in [-0.4, -0.2) is 54.4 Å². The van der Waals surface area contributed by atoms with Gasteiger partial charge in [0, 0.05) is 13.1 Å². The van der Waals surface area contributed by atoms with Crippen LogP contribution in [0.25, 0.3) is 5.69 Å². The topological polar surface area (TPSA) is 127 Å². The number of rotatable bonds is 6. The van der Waals surface area contributed by atoms with Gasteiger partial charge in [0.05, 0.1) is 21.2 Å². The fourth-order valence-electron chi connectivity index (χ4n) is 3.44. The Hall–Kier alpha value is -2.83. The van der Waals surface area contributed by atoms with Crippen LogP contribution in [0.4, 0.5) is 5.69 Å². The van der Waals surface area contributed by atoms with Gasteiger partial charge in [-0.3, -0.25) is 4.72 Å². The zero-order valence-electron chi connectivity index (χ0n) is 17.1. The van der Waals surface area contributed by atoms with Crippen LogP contribution < -0.4 is 4.72 Å². The highest BCUT2D eigenvalue weighted by Gasteiger charge is 2.27. The van der Waals surface area contributed by atoms with Crippen molar-refractivity contribution in [2.45, 2.75) is 36.5 Å². The summed E-state index contributed by atoms with van der Waals surface area (Å²) < 4.78 is 56.4. The van der Waals surface area contributed by atoms with E-state index in [0.717, 1.165) is 18.4 Å². The summed E-state index contributed by atoms with van der Waals surface area (Å²) in [4.78, 5) is 0.0497. The largest absolute Gasteiger partial charge is 0.280 e. The number of aryl methyl sites for hydroxylation is 2. The summed E-state index contributed by atoms with van der Waals surface area (Å²) in [7, 11) is -7.53. The summed E-state index contributed by atoms with van der Waals surface area (Å²) in [5, 5.41) is 11.4. The summed E-state index contributed by atoms with van der Waals surface area (Å²) in [5.74, 6) is 0.568. The van der Waals surface area contributed by atoms with Gasteiger partial charge in [0.25, 0.3) is 10.0 Å². The maximum Gasteiger partial charge on any atom is 0.261 e. The number of aromatic nitrogens is 4. The van der Waals surface area contributed by atoms with Gasteiger partial charge in [-0.25, -0.2) is 16.8 Å². The van der Waals surface area contributed by atoms with E-state index in [1.54, 1.807) is 25.1 Å². The maximum atomic E-state index is 12.9. The van der Waals surface area contributed by atoms with E-state index in [0.29, 0.717) is 30.3 Å². The molecule has 1 fully saturated rings. The quantitative estimate of drug-likeness (QED) is 0.592. The molecule has 31 heavy (non-hydrogen) atoms. The highest BCUT2D eigenvalue weighted by Crippen LogP contribution is 2.25. The Labute approximate surface area is 181 Å². The first-order valence-electron chi connectivity index (χ1n) is 9.67. The second-order valence-electron chi connectivity index (χ2n) is 7.33. The van der Waals surface area contributed by atoms with Crippen LogP contribution in [0.5, 0.6) is 0 Å². The fourth-order valence-corrected chi connectivity index (χ4v) is 6.00. The molecule has 1 aliphatic rings. The molecule has 4 rings (SSSR count). The SMILES string of the molecule is Cc1ccc(NS(=O)(=O)c2ccc(S(=O)(=O)N3CCCC3)cc2)cc1-n1nnnc1C. The minimum Gasteiger partial charge on any atom is -0.280 e. The summed E-state index contributed by atoms with van der Waals surface area (Å²) in [5.41, 5.74) is 1.86. The van der Waals surface area contributed by atoms with Gasteiger partial charge < -0.3 is 0 Å². The third kappa shape index (κ3) is 4.18. The van der Waals surface area contributed by atoms with E-state index in [4.69, 9.17) is 0 Å². The van der Waals surface area contributed by atoms with Gasteiger partial charge in [0.2, 0.25) is 10.0 Å². The van der Waals surface area contributed by atoms with E-state index < -0.39 is 20.0 Å².